The van der Waals surface area contributed by atoms with Gasteiger partial charge in [0.15, 0.2) is 0 Å². The minimum atomic E-state index is -3.77. The van der Waals surface area contributed by atoms with Gasteiger partial charge in [0.05, 0.1) is 10.5 Å². The lowest BCUT2D eigenvalue weighted by Gasteiger charge is -2.23. The molecular weight excluding hydrogens is 310 g/mol. The second-order valence-corrected chi connectivity index (χ2v) is 9.27. The average Bonchev–Trinajstić information content (AvgIpc) is 2.60. The SMILES string of the molecule is CC1(C)CCN(S(=O)(=O)c2ccccc2C(=O)O)CCS1. The Morgan fingerprint density at radius 1 is 1.29 bits per heavy atom. The summed E-state index contributed by atoms with van der Waals surface area (Å²) in [5.74, 6) is -0.514. The zero-order chi connectivity index (χ0) is 15.7. The zero-order valence-corrected chi connectivity index (χ0v) is 13.7. The lowest BCUT2D eigenvalue weighted by molar-refractivity contribution is 0.0692. The van der Waals surface area contributed by atoms with Gasteiger partial charge in [0.25, 0.3) is 0 Å². The lowest BCUT2D eigenvalue weighted by atomic mass is 10.1. The maximum absolute atomic E-state index is 12.7. The minimum absolute atomic E-state index is 0.0383. The van der Waals surface area contributed by atoms with Gasteiger partial charge in [0.2, 0.25) is 10.0 Å². The molecule has 0 unspecified atom stereocenters. The van der Waals surface area contributed by atoms with Crippen LogP contribution in [0.5, 0.6) is 0 Å². The van der Waals surface area contributed by atoms with E-state index >= 15 is 0 Å². The number of aromatic carboxylic acids is 1. The van der Waals surface area contributed by atoms with Gasteiger partial charge in [-0.05, 0) is 18.6 Å². The molecule has 1 aliphatic rings. The number of sulfonamides is 1. The molecule has 1 saturated heterocycles. The van der Waals surface area contributed by atoms with Crippen LogP contribution in [-0.2, 0) is 10.0 Å². The highest BCUT2D eigenvalue weighted by Gasteiger charge is 2.32. The molecule has 0 spiro atoms. The number of hydrogen-bond acceptors (Lipinski definition) is 4. The van der Waals surface area contributed by atoms with Crippen LogP contribution in [0.1, 0.15) is 30.6 Å². The van der Waals surface area contributed by atoms with Crippen molar-refractivity contribution in [1.29, 1.82) is 0 Å². The van der Waals surface area contributed by atoms with Crippen LogP contribution in [0, 0.1) is 0 Å². The summed E-state index contributed by atoms with van der Waals surface area (Å²) in [7, 11) is -3.77. The van der Waals surface area contributed by atoms with Crippen molar-refractivity contribution in [3.8, 4) is 0 Å². The third-order valence-electron chi connectivity index (χ3n) is 3.53. The van der Waals surface area contributed by atoms with Gasteiger partial charge in [-0.2, -0.15) is 16.1 Å². The molecule has 0 atom stereocenters. The van der Waals surface area contributed by atoms with Crippen LogP contribution in [0.4, 0.5) is 0 Å². The summed E-state index contributed by atoms with van der Waals surface area (Å²) >= 11 is 1.74. The van der Waals surface area contributed by atoms with Gasteiger partial charge in [0.1, 0.15) is 0 Å². The molecule has 1 fully saturated rings. The standard InChI is InChI=1S/C14H19NO4S2/c1-14(2)7-8-15(9-10-20-14)21(18,19)12-6-4-3-5-11(12)13(16)17/h3-6H,7-10H2,1-2H3,(H,16,17). The van der Waals surface area contributed by atoms with Crippen LogP contribution in [-0.4, -0.2) is 47.4 Å². The number of carbonyl (C=O) groups is 1. The molecule has 5 nitrogen and oxygen atoms in total. The average molecular weight is 329 g/mol. The van der Waals surface area contributed by atoms with E-state index in [4.69, 9.17) is 0 Å². The van der Waals surface area contributed by atoms with Crippen molar-refractivity contribution < 1.29 is 18.3 Å². The van der Waals surface area contributed by atoms with E-state index in [0.29, 0.717) is 18.8 Å². The molecule has 7 heteroatoms. The van der Waals surface area contributed by atoms with E-state index in [1.165, 1.54) is 22.5 Å². The molecule has 0 bridgehead atoms. The number of thioether (sulfide) groups is 1. The topological polar surface area (TPSA) is 74.7 Å². The van der Waals surface area contributed by atoms with Crippen LogP contribution in [0.2, 0.25) is 0 Å². The number of benzene rings is 1. The first-order chi connectivity index (χ1) is 9.74. The molecule has 0 radical (unpaired) electrons. The van der Waals surface area contributed by atoms with E-state index in [9.17, 15) is 18.3 Å². The number of carboxylic acid groups (broad SMARTS) is 1. The normalized spacial score (nSPS) is 19.9. The summed E-state index contributed by atoms with van der Waals surface area (Å²) in [4.78, 5) is 11.1. The van der Waals surface area contributed by atoms with Crippen molar-refractivity contribution in [2.24, 2.45) is 0 Å². The zero-order valence-electron chi connectivity index (χ0n) is 12.1. The third kappa shape index (κ3) is 3.59. The molecule has 1 N–H and O–H groups in total. The third-order valence-corrected chi connectivity index (χ3v) is 6.86. The van der Waals surface area contributed by atoms with Gasteiger partial charge in [0, 0.05) is 23.6 Å². The highest BCUT2D eigenvalue weighted by atomic mass is 32.2. The number of carboxylic acids is 1. The predicted molar refractivity (Wildman–Crippen MR) is 83.3 cm³/mol. The quantitative estimate of drug-likeness (QED) is 0.921. The molecule has 2 rings (SSSR count). The van der Waals surface area contributed by atoms with Crippen LogP contribution < -0.4 is 0 Å². The molecule has 0 amide bonds. The van der Waals surface area contributed by atoms with Crippen molar-refractivity contribution in [3.63, 3.8) is 0 Å². The van der Waals surface area contributed by atoms with E-state index in [1.807, 2.05) is 0 Å². The summed E-state index contributed by atoms with van der Waals surface area (Å²) in [6.45, 7) is 5.01. The second-order valence-electron chi connectivity index (χ2n) is 5.56. The Labute approximate surface area is 129 Å². The number of hydrogen-bond donors (Lipinski definition) is 1. The van der Waals surface area contributed by atoms with Gasteiger partial charge in [-0.3, -0.25) is 0 Å². The Balaban J connectivity index is 2.37. The second kappa shape index (κ2) is 5.98. The van der Waals surface area contributed by atoms with Crippen molar-refractivity contribution in [1.82, 2.24) is 4.31 Å². The summed E-state index contributed by atoms with van der Waals surface area (Å²) in [5, 5.41) is 9.18. The lowest BCUT2D eigenvalue weighted by Crippen LogP contribution is -2.34. The van der Waals surface area contributed by atoms with E-state index in [2.05, 4.69) is 13.8 Å². The molecule has 1 heterocycles. The molecule has 0 aromatic heterocycles. The van der Waals surface area contributed by atoms with Crippen molar-refractivity contribution in [2.75, 3.05) is 18.8 Å². The van der Waals surface area contributed by atoms with Crippen molar-refractivity contribution in [2.45, 2.75) is 29.9 Å². The van der Waals surface area contributed by atoms with Gasteiger partial charge in [-0.15, -0.1) is 0 Å². The molecule has 21 heavy (non-hydrogen) atoms. The number of nitrogens with zero attached hydrogens (tertiary/aromatic N) is 1. The Morgan fingerprint density at radius 2 is 1.95 bits per heavy atom. The summed E-state index contributed by atoms with van der Waals surface area (Å²) < 4.78 is 26.9. The molecule has 1 aromatic carbocycles. The van der Waals surface area contributed by atoms with E-state index in [0.717, 1.165) is 6.42 Å². The fourth-order valence-electron chi connectivity index (χ4n) is 2.25. The predicted octanol–water partition coefficient (Wildman–Crippen LogP) is 2.29. The van der Waals surface area contributed by atoms with Gasteiger partial charge in [-0.25, -0.2) is 13.2 Å². The Kier molecular flexibility index (Phi) is 4.65. The first-order valence-corrected chi connectivity index (χ1v) is 9.13. The monoisotopic (exact) mass is 329 g/mol. The first-order valence-electron chi connectivity index (χ1n) is 6.70. The van der Waals surface area contributed by atoms with Crippen LogP contribution in [0.15, 0.2) is 29.2 Å². The Bertz CT molecular complexity index is 640. The fourth-order valence-corrected chi connectivity index (χ4v) is 5.09. The first kappa shape index (κ1) is 16.3. The Morgan fingerprint density at radius 3 is 2.62 bits per heavy atom. The highest BCUT2D eigenvalue weighted by molar-refractivity contribution is 8.00. The van der Waals surface area contributed by atoms with Crippen molar-refractivity contribution in [3.05, 3.63) is 29.8 Å². The molecule has 116 valence electrons. The minimum Gasteiger partial charge on any atom is -0.478 e. The van der Waals surface area contributed by atoms with E-state index < -0.39 is 16.0 Å². The summed E-state index contributed by atoms with van der Waals surface area (Å²) in [6.07, 6.45) is 0.742. The summed E-state index contributed by atoms with van der Waals surface area (Å²) in [5.41, 5.74) is -0.173. The summed E-state index contributed by atoms with van der Waals surface area (Å²) in [6, 6.07) is 5.77. The highest BCUT2D eigenvalue weighted by Crippen LogP contribution is 2.32. The van der Waals surface area contributed by atoms with E-state index in [1.54, 1.807) is 17.8 Å². The fraction of sp³-hybridized carbons (Fsp3) is 0.500. The van der Waals surface area contributed by atoms with Gasteiger partial charge in [-0.1, -0.05) is 26.0 Å². The van der Waals surface area contributed by atoms with Crippen molar-refractivity contribution >= 4 is 27.8 Å². The van der Waals surface area contributed by atoms with E-state index in [-0.39, 0.29) is 15.2 Å². The molecule has 1 aromatic rings. The maximum atomic E-state index is 12.7. The largest absolute Gasteiger partial charge is 0.478 e. The van der Waals surface area contributed by atoms with Crippen LogP contribution in [0.25, 0.3) is 0 Å². The van der Waals surface area contributed by atoms with Crippen LogP contribution >= 0.6 is 11.8 Å². The molecule has 0 saturated carbocycles. The van der Waals surface area contributed by atoms with Crippen LogP contribution in [0.3, 0.4) is 0 Å². The Hall–Kier alpha value is -1.05. The molecule has 0 aliphatic carbocycles. The number of rotatable bonds is 3. The molecule has 1 aliphatic heterocycles. The molecular formula is C14H19NO4S2. The smallest absolute Gasteiger partial charge is 0.337 e. The van der Waals surface area contributed by atoms with Gasteiger partial charge < -0.3 is 5.11 Å². The maximum Gasteiger partial charge on any atom is 0.337 e. The van der Waals surface area contributed by atoms with Gasteiger partial charge >= 0.3 is 5.97 Å².